The topological polar surface area (TPSA) is 49.1 Å². The van der Waals surface area contributed by atoms with Gasteiger partial charge in [-0.15, -0.1) is 0 Å². The van der Waals surface area contributed by atoms with Crippen LogP contribution in [0.3, 0.4) is 0 Å². The lowest BCUT2D eigenvalue weighted by atomic mass is 9.60. The SMILES string of the molecule is C=C1CCC(OC(=[OH+])C2OCC[C@@H](C)O2)C/C1=C/C=C1\CCC[C@@]2(C)C1CC[C@@H]2[C@H](C)CCCC(C)C. The third-order valence-electron chi connectivity index (χ3n) is 9.97. The Bertz CT molecular complexity index is 870. The smallest absolute Gasteiger partial charge is 0.339 e. The van der Waals surface area contributed by atoms with Gasteiger partial charge in [-0.3, -0.25) is 0 Å². The van der Waals surface area contributed by atoms with Gasteiger partial charge in [-0.25, -0.2) is 0 Å². The van der Waals surface area contributed by atoms with Crippen molar-refractivity contribution in [2.75, 3.05) is 6.61 Å². The average molecular weight is 514 g/mol. The van der Waals surface area contributed by atoms with Crippen LogP contribution in [0.5, 0.6) is 0 Å². The summed E-state index contributed by atoms with van der Waals surface area (Å²) in [4.78, 5) is 10.5. The molecule has 3 unspecified atom stereocenters. The number of hydrogen-bond acceptors (Lipinski definition) is 3. The summed E-state index contributed by atoms with van der Waals surface area (Å²) in [6.45, 7) is 16.8. The Morgan fingerprint density at radius 2 is 1.95 bits per heavy atom. The maximum atomic E-state index is 10.5. The molecule has 3 saturated carbocycles. The van der Waals surface area contributed by atoms with E-state index in [1.54, 1.807) is 5.57 Å². The van der Waals surface area contributed by atoms with Crippen molar-refractivity contribution in [3.63, 3.8) is 0 Å². The molecule has 4 aliphatic rings. The Morgan fingerprint density at radius 3 is 2.70 bits per heavy atom. The summed E-state index contributed by atoms with van der Waals surface area (Å²) in [5.41, 5.74) is 4.57. The van der Waals surface area contributed by atoms with E-state index in [1.165, 1.54) is 62.5 Å². The van der Waals surface area contributed by atoms with E-state index in [0.29, 0.717) is 12.0 Å². The molecule has 0 spiro atoms. The van der Waals surface area contributed by atoms with Gasteiger partial charge in [0.2, 0.25) is 0 Å². The van der Waals surface area contributed by atoms with Gasteiger partial charge in [0.15, 0.2) is 6.10 Å². The van der Waals surface area contributed by atoms with Gasteiger partial charge in [0.25, 0.3) is 0 Å². The highest BCUT2D eigenvalue weighted by Crippen LogP contribution is 2.60. The molecule has 4 heteroatoms. The van der Waals surface area contributed by atoms with Gasteiger partial charge < -0.3 is 19.0 Å². The monoisotopic (exact) mass is 513 g/mol. The lowest BCUT2D eigenvalue weighted by Gasteiger charge is -2.44. The lowest BCUT2D eigenvalue weighted by molar-refractivity contribution is -0.183. The zero-order valence-electron chi connectivity index (χ0n) is 24.3. The van der Waals surface area contributed by atoms with Crippen LogP contribution in [0.25, 0.3) is 0 Å². The number of esters is 1. The molecule has 0 amide bonds. The molecule has 208 valence electrons. The molecule has 1 aliphatic heterocycles. The second kappa shape index (κ2) is 12.6. The summed E-state index contributed by atoms with van der Waals surface area (Å²) in [6.07, 6.45) is 18.1. The van der Waals surface area contributed by atoms with Crippen LogP contribution in [0.2, 0.25) is 0 Å². The van der Waals surface area contributed by atoms with Crippen molar-refractivity contribution in [2.24, 2.45) is 29.1 Å². The second-order valence-electron chi connectivity index (χ2n) is 13.2. The van der Waals surface area contributed by atoms with Crippen LogP contribution in [-0.2, 0) is 14.2 Å². The summed E-state index contributed by atoms with van der Waals surface area (Å²) < 4.78 is 17.2. The number of fused-ring (bicyclic) bond motifs is 1. The van der Waals surface area contributed by atoms with Crippen LogP contribution < -0.4 is 0 Å². The molecule has 1 heterocycles. The van der Waals surface area contributed by atoms with Crippen LogP contribution in [0, 0.1) is 29.1 Å². The van der Waals surface area contributed by atoms with E-state index in [0.717, 1.165) is 49.4 Å². The minimum Gasteiger partial charge on any atom is -0.339 e. The van der Waals surface area contributed by atoms with Crippen molar-refractivity contribution in [3.8, 4) is 0 Å². The molecule has 4 fully saturated rings. The van der Waals surface area contributed by atoms with E-state index >= 15 is 0 Å². The summed E-state index contributed by atoms with van der Waals surface area (Å²) in [5.74, 6) is 3.08. The molecular formula is C33H53O4+. The van der Waals surface area contributed by atoms with Gasteiger partial charge in [0.1, 0.15) is 0 Å². The highest BCUT2D eigenvalue weighted by molar-refractivity contribution is 5.74. The van der Waals surface area contributed by atoms with Crippen molar-refractivity contribution in [1.82, 2.24) is 0 Å². The Morgan fingerprint density at radius 1 is 1.14 bits per heavy atom. The minimum absolute atomic E-state index is 0.0668. The first kappa shape index (κ1) is 28.6. The Kier molecular flexibility index (Phi) is 9.78. The van der Waals surface area contributed by atoms with Crippen LogP contribution in [0.4, 0.5) is 0 Å². The van der Waals surface area contributed by atoms with Crippen molar-refractivity contribution in [1.29, 1.82) is 0 Å². The molecule has 0 bridgehead atoms. The number of ether oxygens (including phenoxy) is 3. The van der Waals surface area contributed by atoms with Gasteiger partial charge in [-0.1, -0.05) is 76.8 Å². The number of carbonyl (C=O) groups excluding carboxylic acids is 1. The summed E-state index contributed by atoms with van der Waals surface area (Å²) in [6, 6.07) is 0. The van der Waals surface area contributed by atoms with E-state index in [-0.39, 0.29) is 18.2 Å². The second-order valence-corrected chi connectivity index (χ2v) is 13.2. The first-order valence-electron chi connectivity index (χ1n) is 15.2. The molecule has 1 saturated heterocycles. The quantitative estimate of drug-likeness (QED) is 0.242. The van der Waals surface area contributed by atoms with Gasteiger partial charge in [-0.2, -0.15) is 0 Å². The largest absolute Gasteiger partial charge is 0.542 e. The zero-order chi connectivity index (χ0) is 26.6. The molecule has 37 heavy (non-hydrogen) atoms. The van der Waals surface area contributed by atoms with Crippen LogP contribution in [0.1, 0.15) is 112 Å². The van der Waals surface area contributed by atoms with Gasteiger partial charge >= 0.3 is 12.3 Å². The zero-order valence-corrected chi connectivity index (χ0v) is 24.3. The molecule has 1 N–H and O–H groups in total. The summed E-state index contributed by atoms with van der Waals surface area (Å²) in [7, 11) is 0. The molecule has 4 nitrogen and oxygen atoms in total. The molecule has 0 aromatic carbocycles. The van der Waals surface area contributed by atoms with E-state index in [9.17, 15) is 4.79 Å². The van der Waals surface area contributed by atoms with E-state index in [1.807, 2.05) is 6.92 Å². The Balaban J connectivity index is 1.38. The van der Waals surface area contributed by atoms with Gasteiger partial charge in [0.05, 0.1) is 12.7 Å². The fourth-order valence-corrected chi connectivity index (χ4v) is 7.76. The average Bonchev–Trinajstić information content (AvgIpc) is 3.21. The van der Waals surface area contributed by atoms with Gasteiger partial charge in [-0.05, 0) is 86.5 Å². The molecule has 7 atom stereocenters. The fraction of sp³-hybridized carbons (Fsp3) is 0.788. The normalized spacial score (nSPS) is 37.7. The standard InChI is InChI=1S/C33H52O4/c1-22(2)9-7-10-24(4)29-16-17-30-26(11-8-19-33(29,30)6)13-14-27-21-28(15-12-23(27)3)37-31(34)32-35-20-18-25(5)36-32/h13-14,22,24-25,28-30,32H,3,7-12,15-21H2,1-2,4-6H3/p+1/b26-13+,27-14-/t24-,25-,28?,29-,30?,32?,33-/m1/s1. The fourth-order valence-electron chi connectivity index (χ4n) is 7.76. The Labute approximate surface area is 226 Å². The highest BCUT2D eigenvalue weighted by atomic mass is 16.7. The van der Waals surface area contributed by atoms with Crippen LogP contribution >= 0.6 is 0 Å². The first-order chi connectivity index (χ1) is 17.7. The van der Waals surface area contributed by atoms with Crippen molar-refractivity contribution in [3.05, 3.63) is 35.5 Å². The molecule has 4 rings (SSSR count). The highest BCUT2D eigenvalue weighted by Gasteiger charge is 2.50. The van der Waals surface area contributed by atoms with Crippen LogP contribution in [-0.4, -0.2) is 35.9 Å². The number of rotatable bonds is 8. The van der Waals surface area contributed by atoms with Crippen LogP contribution in [0.15, 0.2) is 35.5 Å². The molecule has 0 aromatic rings. The third kappa shape index (κ3) is 6.98. The summed E-state index contributed by atoms with van der Waals surface area (Å²) >= 11 is 0. The van der Waals surface area contributed by atoms with Crippen molar-refractivity contribution in [2.45, 2.75) is 130 Å². The molecule has 0 aromatic heterocycles. The molecule has 3 aliphatic carbocycles. The van der Waals surface area contributed by atoms with E-state index < -0.39 is 6.29 Å². The minimum atomic E-state index is -0.772. The van der Waals surface area contributed by atoms with E-state index in [2.05, 4.69) is 46.4 Å². The Hall–Kier alpha value is -1.39. The van der Waals surface area contributed by atoms with Crippen molar-refractivity contribution >= 4 is 5.97 Å². The number of allylic oxidation sites excluding steroid dienone is 4. The van der Waals surface area contributed by atoms with E-state index in [4.69, 9.17) is 14.2 Å². The first-order valence-corrected chi connectivity index (χ1v) is 15.2. The predicted octanol–water partition coefficient (Wildman–Crippen LogP) is 8.30. The summed E-state index contributed by atoms with van der Waals surface area (Å²) in [5, 5.41) is 0. The maximum Gasteiger partial charge on any atom is 0.542 e. The number of hydrogen-bond donors (Lipinski definition) is 0. The molecular weight excluding hydrogens is 460 g/mol. The third-order valence-corrected chi connectivity index (χ3v) is 9.97. The molecule has 0 radical (unpaired) electrons. The lowest BCUT2D eigenvalue weighted by Crippen LogP contribution is -2.39. The van der Waals surface area contributed by atoms with Crippen molar-refractivity contribution < 1.29 is 19.0 Å². The maximum absolute atomic E-state index is 10.5. The predicted molar refractivity (Wildman–Crippen MR) is 152 cm³/mol. The van der Waals surface area contributed by atoms with Gasteiger partial charge in [0, 0.05) is 12.8 Å².